The molecule has 2 aromatic rings. The minimum Gasteiger partial charge on any atom is -0.508 e. The molecule has 1 N–H and O–H groups in total. The predicted octanol–water partition coefficient (Wildman–Crippen LogP) is 3.83. The van der Waals surface area contributed by atoms with Gasteiger partial charge in [-0.3, -0.25) is 4.79 Å². The molecule has 2 aromatic carbocycles. The van der Waals surface area contributed by atoms with E-state index in [0.717, 1.165) is 27.9 Å². The molecule has 0 saturated carbocycles. The van der Waals surface area contributed by atoms with Crippen LogP contribution in [0.25, 0.3) is 0 Å². The highest BCUT2D eigenvalue weighted by Crippen LogP contribution is 2.49. The molecule has 114 valence electrons. The van der Waals surface area contributed by atoms with Crippen LogP contribution in [0.3, 0.4) is 0 Å². The maximum atomic E-state index is 12.9. The molecule has 1 heterocycles. The smallest absolute Gasteiger partial charge is 0.237 e. The third kappa shape index (κ3) is 2.00. The number of nitrogens with zero attached hydrogens (tertiary/aromatic N) is 1. The van der Waals surface area contributed by atoms with E-state index >= 15 is 0 Å². The van der Waals surface area contributed by atoms with Gasteiger partial charge in [-0.1, -0.05) is 30.3 Å². The topological polar surface area (TPSA) is 40.5 Å². The van der Waals surface area contributed by atoms with Crippen molar-refractivity contribution < 1.29 is 9.90 Å². The Morgan fingerprint density at radius 1 is 1.14 bits per heavy atom. The number of carbonyl (C=O) groups is 1. The predicted molar refractivity (Wildman–Crippen MR) is 88.2 cm³/mol. The third-order valence-electron chi connectivity index (χ3n) is 4.65. The van der Waals surface area contributed by atoms with Crippen LogP contribution in [0.5, 0.6) is 5.75 Å². The Bertz CT molecular complexity index is 748. The highest BCUT2D eigenvalue weighted by molar-refractivity contribution is 6.09. The van der Waals surface area contributed by atoms with Crippen molar-refractivity contribution in [2.24, 2.45) is 0 Å². The number of phenols is 1. The number of phenolic OH excluding ortho intramolecular Hbond substituents is 1. The monoisotopic (exact) mass is 295 g/mol. The fraction of sp³-hybridized carbons (Fsp3) is 0.316. The van der Waals surface area contributed by atoms with Crippen LogP contribution < -0.4 is 4.90 Å². The summed E-state index contributed by atoms with van der Waals surface area (Å²) in [7, 11) is 0. The molecule has 0 unspecified atom stereocenters. The number of anilines is 1. The van der Waals surface area contributed by atoms with Crippen LogP contribution in [0.4, 0.5) is 5.69 Å². The largest absolute Gasteiger partial charge is 0.508 e. The van der Waals surface area contributed by atoms with Gasteiger partial charge in [0, 0.05) is 5.56 Å². The zero-order valence-corrected chi connectivity index (χ0v) is 13.5. The molecule has 0 spiro atoms. The molecule has 0 fully saturated rings. The van der Waals surface area contributed by atoms with Gasteiger partial charge in [0.25, 0.3) is 0 Å². The number of fused-ring (bicyclic) bond motifs is 1. The van der Waals surface area contributed by atoms with E-state index < -0.39 is 5.41 Å². The van der Waals surface area contributed by atoms with Crippen LogP contribution in [0.2, 0.25) is 0 Å². The van der Waals surface area contributed by atoms with E-state index in [1.54, 1.807) is 6.07 Å². The summed E-state index contributed by atoms with van der Waals surface area (Å²) in [5, 5.41) is 10.4. The van der Waals surface area contributed by atoms with Crippen molar-refractivity contribution in [3.05, 3.63) is 58.7 Å². The van der Waals surface area contributed by atoms with Crippen molar-refractivity contribution in [3.8, 4) is 5.75 Å². The number of amides is 1. The molecule has 0 atom stereocenters. The lowest BCUT2D eigenvalue weighted by Crippen LogP contribution is -2.35. The van der Waals surface area contributed by atoms with E-state index in [4.69, 9.17) is 0 Å². The lowest BCUT2D eigenvalue weighted by Gasteiger charge is -2.21. The third-order valence-corrected chi connectivity index (χ3v) is 4.65. The van der Waals surface area contributed by atoms with Crippen LogP contribution in [0, 0.1) is 13.8 Å². The van der Waals surface area contributed by atoms with Gasteiger partial charge in [0.1, 0.15) is 5.75 Å². The zero-order chi connectivity index (χ0) is 16.1. The van der Waals surface area contributed by atoms with Gasteiger partial charge in [0.05, 0.1) is 17.6 Å². The first-order valence-electron chi connectivity index (χ1n) is 7.53. The number of aromatic hydroxyl groups is 1. The zero-order valence-electron chi connectivity index (χ0n) is 13.5. The van der Waals surface area contributed by atoms with Gasteiger partial charge in [0.15, 0.2) is 0 Å². The Balaban J connectivity index is 2.17. The second-order valence-electron chi connectivity index (χ2n) is 6.56. The number of hydrogen-bond donors (Lipinski definition) is 1. The van der Waals surface area contributed by atoms with Crippen LogP contribution in [0.15, 0.2) is 36.4 Å². The average molecular weight is 295 g/mol. The Labute approximate surface area is 131 Å². The maximum absolute atomic E-state index is 12.9. The van der Waals surface area contributed by atoms with E-state index in [-0.39, 0.29) is 11.7 Å². The van der Waals surface area contributed by atoms with Gasteiger partial charge in [-0.25, -0.2) is 0 Å². The minimum absolute atomic E-state index is 0.0374. The molecule has 0 saturated heterocycles. The first-order chi connectivity index (χ1) is 10.3. The molecular formula is C19H21NO2. The average Bonchev–Trinajstić information content (AvgIpc) is 2.67. The van der Waals surface area contributed by atoms with Crippen LogP contribution in [0.1, 0.15) is 36.1 Å². The Morgan fingerprint density at radius 2 is 1.77 bits per heavy atom. The summed E-state index contributed by atoms with van der Waals surface area (Å²) in [6.45, 7) is 8.27. The highest BCUT2D eigenvalue weighted by Gasteiger charge is 2.46. The molecule has 1 aliphatic heterocycles. The number of carbonyl (C=O) groups excluding carboxylic acids is 1. The summed E-state index contributed by atoms with van der Waals surface area (Å²) in [6.07, 6.45) is 0. The molecule has 3 rings (SSSR count). The molecule has 1 amide bonds. The molecule has 3 heteroatoms. The Kier molecular flexibility index (Phi) is 3.24. The molecule has 0 radical (unpaired) electrons. The lowest BCUT2D eigenvalue weighted by atomic mass is 9.84. The van der Waals surface area contributed by atoms with Gasteiger partial charge >= 0.3 is 0 Å². The summed E-state index contributed by atoms with van der Waals surface area (Å²) < 4.78 is 0. The number of benzene rings is 2. The van der Waals surface area contributed by atoms with Crippen molar-refractivity contribution in [2.75, 3.05) is 4.90 Å². The van der Waals surface area contributed by atoms with Crippen molar-refractivity contribution in [3.63, 3.8) is 0 Å². The molecule has 0 aromatic heterocycles. The molecule has 0 bridgehead atoms. The van der Waals surface area contributed by atoms with Crippen molar-refractivity contribution >= 4 is 11.6 Å². The SMILES string of the molecule is Cc1cc(O)c2c(c1C)N(Cc1ccccc1)C(=O)C2(C)C. The Morgan fingerprint density at radius 3 is 2.41 bits per heavy atom. The Hall–Kier alpha value is -2.29. The highest BCUT2D eigenvalue weighted by atomic mass is 16.3. The minimum atomic E-state index is -0.702. The molecule has 3 nitrogen and oxygen atoms in total. The second kappa shape index (κ2) is 4.87. The summed E-state index contributed by atoms with van der Waals surface area (Å²) >= 11 is 0. The van der Waals surface area contributed by atoms with Crippen molar-refractivity contribution in [2.45, 2.75) is 39.7 Å². The normalized spacial score (nSPS) is 16.0. The van der Waals surface area contributed by atoms with Gasteiger partial charge in [-0.2, -0.15) is 0 Å². The molecule has 1 aliphatic rings. The van der Waals surface area contributed by atoms with Crippen LogP contribution >= 0.6 is 0 Å². The van der Waals surface area contributed by atoms with Gasteiger partial charge in [-0.05, 0) is 50.5 Å². The summed E-state index contributed by atoms with van der Waals surface area (Å²) in [5.74, 6) is 0.252. The van der Waals surface area contributed by atoms with E-state index in [1.165, 1.54) is 0 Å². The van der Waals surface area contributed by atoms with Crippen molar-refractivity contribution in [1.29, 1.82) is 0 Å². The van der Waals surface area contributed by atoms with E-state index in [1.807, 2.05) is 62.9 Å². The van der Waals surface area contributed by atoms with E-state index in [0.29, 0.717) is 6.54 Å². The quantitative estimate of drug-likeness (QED) is 0.914. The first kappa shape index (κ1) is 14.6. The fourth-order valence-corrected chi connectivity index (χ4v) is 3.30. The van der Waals surface area contributed by atoms with Crippen LogP contribution in [-0.4, -0.2) is 11.0 Å². The number of hydrogen-bond acceptors (Lipinski definition) is 2. The summed E-state index contributed by atoms with van der Waals surface area (Å²) in [4.78, 5) is 14.7. The second-order valence-corrected chi connectivity index (χ2v) is 6.56. The molecular weight excluding hydrogens is 274 g/mol. The van der Waals surface area contributed by atoms with Gasteiger partial charge in [-0.15, -0.1) is 0 Å². The standard InChI is InChI=1S/C19H21NO2/c1-12-10-15(21)16-17(13(12)2)20(18(22)19(16,3)4)11-14-8-6-5-7-9-14/h5-10,21H,11H2,1-4H3. The van der Waals surface area contributed by atoms with E-state index in [2.05, 4.69) is 0 Å². The van der Waals surface area contributed by atoms with Crippen LogP contribution in [-0.2, 0) is 16.8 Å². The van der Waals surface area contributed by atoms with Crippen molar-refractivity contribution in [1.82, 2.24) is 0 Å². The number of rotatable bonds is 2. The number of aryl methyl sites for hydroxylation is 1. The fourth-order valence-electron chi connectivity index (χ4n) is 3.30. The first-order valence-corrected chi connectivity index (χ1v) is 7.53. The molecule has 0 aliphatic carbocycles. The van der Waals surface area contributed by atoms with E-state index in [9.17, 15) is 9.90 Å². The maximum Gasteiger partial charge on any atom is 0.237 e. The lowest BCUT2D eigenvalue weighted by molar-refractivity contribution is -0.122. The summed E-state index contributed by atoms with van der Waals surface area (Å²) in [5.41, 5.74) is 4.06. The van der Waals surface area contributed by atoms with Gasteiger partial charge < -0.3 is 10.0 Å². The summed E-state index contributed by atoms with van der Waals surface area (Å²) in [6, 6.07) is 11.7. The molecule has 22 heavy (non-hydrogen) atoms. The van der Waals surface area contributed by atoms with Gasteiger partial charge in [0.2, 0.25) is 5.91 Å².